The number of carbonyl (C=O) groups is 1. The Balaban J connectivity index is 1.93. The number of hydrogen-bond acceptors (Lipinski definition) is 5. The molecule has 29 heavy (non-hydrogen) atoms. The number of aromatic nitrogens is 1. The molecule has 6 nitrogen and oxygen atoms in total. The van der Waals surface area contributed by atoms with Crippen molar-refractivity contribution in [3.63, 3.8) is 0 Å². The number of nitrogens with zero attached hydrogens (tertiary/aromatic N) is 2. The third-order valence-electron chi connectivity index (χ3n) is 5.02. The van der Waals surface area contributed by atoms with Crippen molar-refractivity contribution in [3.8, 4) is 0 Å². The van der Waals surface area contributed by atoms with Crippen molar-refractivity contribution in [2.24, 2.45) is 0 Å². The van der Waals surface area contributed by atoms with Gasteiger partial charge in [-0.3, -0.25) is 4.90 Å². The Morgan fingerprint density at radius 1 is 1.38 bits per heavy atom. The summed E-state index contributed by atoms with van der Waals surface area (Å²) in [5.41, 5.74) is 1.53. The first-order valence-corrected chi connectivity index (χ1v) is 10.6. The quantitative estimate of drug-likeness (QED) is 0.623. The summed E-state index contributed by atoms with van der Waals surface area (Å²) in [5.74, 6) is 0.736. The van der Waals surface area contributed by atoms with Crippen LogP contribution in [0, 0.1) is 0 Å². The number of aryl methyl sites for hydroxylation is 2. The number of nitrogens with one attached hydrogen (secondary N) is 1. The van der Waals surface area contributed by atoms with Crippen LogP contribution in [0.25, 0.3) is 0 Å². The Morgan fingerprint density at radius 2 is 2.14 bits per heavy atom. The molecule has 1 unspecified atom stereocenters. The van der Waals surface area contributed by atoms with Crippen LogP contribution in [0.1, 0.15) is 58.2 Å². The maximum absolute atomic E-state index is 12.8. The minimum Gasteiger partial charge on any atom is -0.443 e. The third-order valence-corrected chi connectivity index (χ3v) is 5.02. The van der Waals surface area contributed by atoms with Crippen LogP contribution in [0.2, 0.25) is 0 Å². The third kappa shape index (κ3) is 7.23. The van der Waals surface area contributed by atoms with Crippen LogP contribution >= 0.6 is 0 Å². The molecule has 1 aliphatic rings. The molecule has 7 heteroatoms. The van der Waals surface area contributed by atoms with E-state index < -0.39 is 12.3 Å². The number of alkyl halides is 1. The zero-order valence-electron chi connectivity index (χ0n) is 18.5. The monoisotopic (exact) mass is 409 g/mol. The minimum atomic E-state index is -0.539. The van der Waals surface area contributed by atoms with Crippen LogP contribution in [0.5, 0.6) is 0 Å². The number of amides is 1. The molecule has 0 aliphatic carbocycles. The van der Waals surface area contributed by atoms with E-state index >= 15 is 0 Å². The van der Waals surface area contributed by atoms with Gasteiger partial charge in [-0.25, -0.2) is 14.2 Å². The highest BCUT2D eigenvalue weighted by Crippen LogP contribution is 2.31. The fourth-order valence-electron chi connectivity index (χ4n) is 3.36. The summed E-state index contributed by atoms with van der Waals surface area (Å²) in [5, 5.41) is 3.22. The lowest BCUT2D eigenvalue weighted by atomic mass is 9.99. The second kappa shape index (κ2) is 10.9. The van der Waals surface area contributed by atoms with E-state index in [-0.39, 0.29) is 18.2 Å². The molecule has 0 aromatic carbocycles. The average molecular weight is 410 g/mol. The molecule has 0 bridgehead atoms. The van der Waals surface area contributed by atoms with E-state index in [9.17, 15) is 9.18 Å². The molecule has 2 atom stereocenters. The molecule has 0 saturated carbocycles. The lowest BCUT2D eigenvalue weighted by molar-refractivity contribution is 0.0562. The maximum atomic E-state index is 12.8. The molecule has 2 heterocycles. The van der Waals surface area contributed by atoms with Crippen molar-refractivity contribution in [3.05, 3.63) is 23.4 Å². The van der Waals surface area contributed by atoms with Crippen molar-refractivity contribution in [2.75, 3.05) is 31.8 Å². The van der Waals surface area contributed by atoms with Gasteiger partial charge in [0, 0.05) is 25.4 Å². The zero-order chi connectivity index (χ0) is 21.4. The van der Waals surface area contributed by atoms with E-state index in [4.69, 9.17) is 14.5 Å². The standard InChI is InChI=1S/C22H36FN3O3/c1-16-9-10-17-11-12-18(8-6-7-13-24-15-19(14-23)28-5)25-20(17)26(16)21(27)29-22(2,3)4/h11-12,16,19,24H,6-10,13-15H2,1-5H3/t16?,19-/m1/s1. The van der Waals surface area contributed by atoms with E-state index in [1.54, 1.807) is 4.90 Å². The molecule has 0 saturated heterocycles. The number of fused-ring (bicyclic) bond motifs is 1. The van der Waals surface area contributed by atoms with Gasteiger partial charge in [0.1, 0.15) is 18.1 Å². The number of unbranched alkanes of at least 4 members (excludes halogenated alkanes) is 1. The molecule has 0 radical (unpaired) electrons. The van der Waals surface area contributed by atoms with E-state index in [0.717, 1.165) is 55.7 Å². The predicted octanol–water partition coefficient (Wildman–Crippen LogP) is 4.05. The molecule has 1 aliphatic heterocycles. The van der Waals surface area contributed by atoms with Gasteiger partial charge in [0.05, 0.1) is 6.10 Å². The average Bonchev–Trinajstić information content (AvgIpc) is 2.65. The summed E-state index contributed by atoms with van der Waals surface area (Å²) in [7, 11) is 1.52. The highest BCUT2D eigenvalue weighted by atomic mass is 19.1. The number of anilines is 1. The number of hydrogen-bond donors (Lipinski definition) is 1. The number of methoxy groups -OCH3 is 1. The minimum absolute atomic E-state index is 0.0635. The summed E-state index contributed by atoms with van der Waals surface area (Å²) in [6, 6.07) is 4.21. The lowest BCUT2D eigenvalue weighted by Gasteiger charge is -2.35. The number of rotatable bonds is 9. The Hall–Kier alpha value is -1.73. The molecule has 1 N–H and O–H groups in total. The van der Waals surface area contributed by atoms with Gasteiger partial charge in [0.2, 0.25) is 0 Å². The second-order valence-corrected chi connectivity index (χ2v) is 8.70. The van der Waals surface area contributed by atoms with Crippen LogP contribution in [0.4, 0.5) is 15.0 Å². The number of carbonyl (C=O) groups excluding carboxylic acids is 1. The summed E-state index contributed by atoms with van der Waals surface area (Å²) < 4.78 is 23.2. The van der Waals surface area contributed by atoms with Crippen LogP contribution in [-0.2, 0) is 22.3 Å². The maximum Gasteiger partial charge on any atom is 0.416 e. The van der Waals surface area contributed by atoms with Crippen molar-refractivity contribution >= 4 is 11.9 Å². The van der Waals surface area contributed by atoms with Gasteiger partial charge in [-0.05, 0) is 78.0 Å². The highest BCUT2D eigenvalue weighted by molar-refractivity contribution is 5.88. The van der Waals surface area contributed by atoms with E-state index in [0.29, 0.717) is 6.54 Å². The van der Waals surface area contributed by atoms with Gasteiger partial charge in [-0.1, -0.05) is 6.07 Å². The largest absolute Gasteiger partial charge is 0.443 e. The fourth-order valence-corrected chi connectivity index (χ4v) is 3.36. The number of ether oxygens (including phenoxy) is 2. The van der Waals surface area contributed by atoms with Gasteiger partial charge >= 0.3 is 6.09 Å². The van der Waals surface area contributed by atoms with Gasteiger partial charge in [0.25, 0.3) is 0 Å². The van der Waals surface area contributed by atoms with Crippen molar-refractivity contribution in [1.82, 2.24) is 10.3 Å². The first-order chi connectivity index (χ1) is 13.7. The van der Waals surface area contributed by atoms with E-state index in [1.165, 1.54) is 7.11 Å². The fraction of sp³-hybridized carbons (Fsp3) is 0.727. The van der Waals surface area contributed by atoms with Crippen molar-refractivity contribution in [1.29, 1.82) is 0 Å². The summed E-state index contributed by atoms with van der Waals surface area (Å²) in [4.78, 5) is 19.3. The zero-order valence-corrected chi connectivity index (χ0v) is 18.5. The molecule has 1 amide bonds. The normalized spacial score (nSPS) is 17.7. The van der Waals surface area contributed by atoms with Crippen LogP contribution in [-0.4, -0.2) is 55.7 Å². The topological polar surface area (TPSA) is 63.7 Å². The van der Waals surface area contributed by atoms with Gasteiger partial charge < -0.3 is 14.8 Å². The first kappa shape index (κ1) is 23.5. The molecule has 0 fully saturated rings. The molecule has 0 spiro atoms. The predicted molar refractivity (Wildman–Crippen MR) is 113 cm³/mol. The summed E-state index contributed by atoms with van der Waals surface area (Å²) in [6.45, 7) is 8.52. The number of halogens is 1. The molecule has 2 rings (SSSR count). The van der Waals surface area contributed by atoms with Gasteiger partial charge in [-0.15, -0.1) is 0 Å². The molecule has 164 valence electrons. The summed E-state index contributed by atoms with van der Waals surface area (Å²) in [6.07, 6.45) is 3.88. The smallest absolute Gasteiger partial charge is 0.416 e. The Kier molecular flexibility index (Phi) is 8.83. The Labute approximate surface area is 174 Å². The highest BCUT2D eigenvalue weighted by Gasteiger charge is 2.33. The van der Waals surface area contributed by atoms with Gasteiger partial charge in [-0.2, -0.15) is 0 Å². The first-order valence-electron chi connectivity index (χ1n) is 10.6. The van der Waals surface area contributed by atoms with E-state index in [1.807, 2.05) is 27.7 Å². The van der Waals surface area contributed by atoms with Crippen molar-refractivity contribution < 1.29 is 18.7 Å². The van der Waals surface area contributed by atoms with Crippen molar-refractivity contribution in [2.45, 2.75) is 77.5 Å². The second-order valence-electron chi connectivity index (χ2n) is 8.70. The molecule has 1 aromatic heterocycles. The van der Waals surface area contributed by atoms with Gasteiger partial charge in [0.15, 0.2) is 0 Å². The SMILES string of the molecule is CO[C@H](CF)CNCCCCc1ccc2c(n1)N(C(=O)OC(C)(C)C)C(C)CC2. The summed E-state index contributed by atoms with van der Waals surface area (Å²) >= 11 is 0. The van der Waals surface area contributed by atoms with Crippen LogP contribution in [0.15, 0.2) is 12.1 Å². The van der Waals surface area contributed by atoms with E-state index in [2.05, 4.69) is 17.4 Å². The molecular formula is C22H36FN3O3. The number of pyridine rings is 1. The molecule has 1 aromatic rings. The Morgan fingerprint density at radius 3 is 2.79 bits per heavy atom. The lowest BCUT2D eigenvalue weighted by Crippen LogP contribution is -2.45. The Bertz CT molecular complexity index is 659. The van der Waals surface area contributed by atoms with Crippen LogP contribution in [0.3, 0.4) is 0 Å². The molecular weight excluding hydrogens is 373 g/mol. The van der Waals surface area contributed by atoms with Crippen LogP contribution < -0.4 is 10.2 Å².